The van der Waals surface area contributed by atoms with E-state index in [1.165, 1.54) is 0 Å². The van der Waals surface area contributed by atoms with Gasteiger partial charge in [0.1, 0.15) is 0 Å². The topological polar surface area (TPSA) is 0 Å². The molecule has 0 nitrogen and oxygen atoms in total. The first-order chi connectivity index (χ1) is 5.37. The first kappa shape index (κ1) is 11.6. The van der Waals surface area contributed by atoms with Crippen molar-refractivity contribution in [1.82, 2.24) is 0 Å². The van der Waals surface area contributed by atoms with E-state index in [-0.39, 0.29) is 0 Å². The predicted octanol–water partition coefficient (Wildman–Crippen LogP) is 3.42. The smallest absolute Gasteiger partial charge is 0.251 e. The van der Waals surface area contributed by atoms with E-state index in [0.717, 1.165) is 6.92 Å². The van der Waals surface area contributed by atoms with Crippen molar-refractivity contribution in [1.29, 1.82) is 0 Å². The number of hydrogen-bond donors (Lipinski definition) is 0. The van der Waals surface area contributed by atoms with Crippen molar-refractivity contribution in [2.24, 2.45) is 0 Å². The van der Waals surface area contributed by atoms with E-state index >= 15 is 0 Å². The molecule has 0 N–H and O–H groups in total. The molecule has 0 aromatic carbocycles. The van der Waals surface area contributed by atoms with Crippen LogP contribution in [0.4, 0.5) is 22.0 Å². The highest BCUT2D eigenvalue weighted by molar-refractivity contribution is 4.83. The Morgan fingerprint density at radius 3 is 1.83 bits per heavy atom. The maximum absolute atomic E-state index is 12.5. The van der Waals surface area contributed by atoms with Crippen molar-refractivity contribution in [2.45, 2.75) is 38.0 Å². The van der Waals surface area contributed by atoms with Gasteiger partial charge in [0.25, 0.3) is 0 Å². The lowest BCUT2D eigenvalue weighted by molar-refractivity contribution is -0.213. The zero-order valence-electron chi connectivity index (χ0n) is 6.72. The maximum Gasteiger partial charge on any atom is 0.310 e. The first-order valence-corrected chi connectivity index (χ1v) is 3.69. The lowest BCUT2D eigenvalue weighted by Crippen LogP contribution is -2.39. The van der Waals surface area contributed by atoms with Crippen LogP contribution < -0.4 is 0 Å². The van der Waals surface area contributed by atoms with Crippen molar-refractivity contribution < 1.29 is 22.0 Å². The summed E-state index contributed by atoms with van der Waals surface area (Å²) in [6.45, 7) is -0.0151. The number of halogens is 5. The van der Waals surface area contributed by atoms with Crippen molar-refractivity contribution in [3.63, 3.8) is 0 Å². The summed E-state index contributed by atoms with van der Waals surface area (Å²) >= 11 is 0. The second-order valence-corrected chi connectivity index (χ2v) is 2.55. The van der Waals surface area contributed by atoms with Gasteiger partial charge in [0.15, 0.2) is 0 Å². The average Bonchev–Trinajstić information content (AvgIpc) is 2.00. The van der Waals surface area contributed by atoms with Gasteiger partial charge in [0.2, 0.25) is 0 Å². The first-order valence-electron chi connectivity index (χ1n) is 3.69. The van der Waals surface area contributed by atoms with Gasteiger partial charge in [-0.15, -0.1) is 0 Å². The second-order valence-electron chi connectivity index (χ2n) is 2.55. The Bertz CT molecular complexity index is 132. The molecule has 0 spiro atoms. The third-order valence-corrected chi connectivity index (χ3v) is 1.60. The molecule has 0 aliphatic carbocycles. The van der Waals surface area contributed by atoms with Crippen molar-refractivity contribution in [2.75, 3.05) is 6.67 Å². The van der Waals surface area contributed by atoms with E-state index in [1.54, 1.807) is 0 Å². The summed E-state index contributed by atoms with van der Waals surface area (Å²) in [6.07, 6.45) is -2.54. The van der Waals surface area contributed by atoms with E-state index in [1.807, 2.05) is 0 Å². The van der Waals surface area contributed by atoms with Crippen molar-refractivity contribution >= 4 is 0 Å². The van der Waals surface area contributed by atoms with Crippen LogP contribution in [-0.2, 0) is 0 Å². The normalized spacial score (nSPS) is 13.5. The Morgan fingerprint density at radius 2 is 1.50 bits per heavy atom. The molecule has 0 aromatic heterocycles. The summed E-state index contributed by atoms with van der Waals surface area (Å²) in [5, 5.41) is 0. The standard InChI is InChI=1S/C7H11F5/c1-2-6(9,10)7(11,12)4-3-5-8/h2-5H2,1H3. The molecular formula is C7H11F5. The molecule has 0 saturated carbocycles. The van der Waals surface area contributed by atoms with Gasteiger partial charge >= 0.3 is 11.8 Å². The third kappa shape index (κ3) is 2.60. The lowest BCUT2D eigenvalue weighted by Gasteiger charge is -2.24. The van der Waals surface area contributed by atoms with Crippen LogP contribution in [0.2, 0.25) is 0 Å². The Morgan fingerprint density at radius 1 is 1.00 bits per heavy atom. The summed E-state index contributed by atoms with van der Waals surface area (Å²) in [5.74, 6) is -8.09. The van der Waals surface area contributed by atoms with Crippen LogP contribution in [0.5, 0.6) is 0 Å². The molecule has 0 unspecified atom stereocenters. The molecule has 0 fully saturated rings. The fourth-order valence-electron chi connectivity index (χ4n) is 0.730. The fourth-order valence-corrected chi connectivity index (χ4v) is 0.730. The van der Waals surface area contributed by atoms with Gasteiger partial charge in [0.05, 0.1) is 6.67 Å². The van der Waals surface area contributed by atoms with E-state index in [2.05, 4.69) is 0 Å². The summed E-state index contributed by atoms with van der Waals surface area (Å²) in [7, 11) is 0. The minimum Gasteiger partial charge on any atom is -0.251 e. The minimum atomic E-state index is -4.08. The fraction of sp³-hybridized carbons (Fsp3) is 1.00. The second kappa shape index (κ2) is 4.05. The molecule has 0 radical (unpaired) electrons. The number of alkyl halides is 5. The molecule has 0 aliphatic heterocycles. The Labute approximate surface area is 67.8 Å². The lowest BCUT2D eigenvalue weighted by atomic mass is 10.0. The maximum atomic E-state index is 12.5. The van der Waals surface area contributed by atoms with E-state index in [0.29, 0.717) is 0 Å². The van der Waals surface area contributed by atoms with Gasteiger partial charge < -0.3 is 0 Å². The quantitative estimate of drug-likeness (QED) is 0.582. The van der Waals surface area contributed by atoms with Crippen LogP contribution in [-0.4, -0.2) is 18.5 Å². The summed E-state index contributed by atoms with van der Waals surface area (Å²) in [4.78, 5) is 0. The Kier molecular flexibility index (Phi) is 3.93. The molecule has 0 rings (SSSR count). The summed E-state index contributed by atoms with van der Waals surface area (Å²) in [5.41, 5.74) is 0. The summed E-state index contributed by atoms with van der Waals surface area (Å²) < 4.78 is 61.1. The van der Waals surface area contributed by atoms with Gasteiger partial charge in [-0.1, -0.05) is 6.92 Å². The van der Waals surface area contributed by atoms with E-state index in [9.17, 15) is 22.0 Å². The molecule has 0 atom stereocenters. The molecule has 0 bridgehead atoms. The zero-order chi connectivity index (χ0) is 9.83. The van der Waals surface area contributed by atoms with Gasteiger partial charge in [0, 0.05) is 12.8 Å². The molecular weight excluding hydrogens is 179 g/mol. The Hall–Kier alpha value is -0.350. The van der Waals surface area contributed by atoms with Crippen LogP contribution in [0.15, 0.2) is 0 Å². The molecule has 74 valence electrons. The molecule has 0 heterocycles. The zero-order valence-corrected chi connectivity index (χ0v) is 6.72. The number of hydrogen-bond acceptors (Lipinski definition) is 0. The molecule has 0 aliphatic rings. The van der Waals surface area contributed by atoms with Gasteiger partial charge in [-0.25, -0.2) is 0 Å². The van der Waals surface area contributed by atoms with Gasteiger partial charge in [-0.2, -0.15) is 17.6 Å². The molecule has 0 amide bonds. The van der Waals surface area contributed by atoms with Crippen molar-refractivity contribution in [3.05, 3.63) is 0 Å². The highest BCUT2D eigenvalue weighted by Gasteiger charge is 2.53. The van der Waals surface area contributed by atoms with E-state index in [4.69, 9.17) is 0 Å². The largest absolute Gasteiger partial charge is 0.310 e. The molecule has 5 heteroatoms. The average molecular weight is 190 g/mol. The van der Waals surface area contributed by atoms with Crippen LogP contribution >= 0.6 is 0 Å². The monoisotopic (exact) mass is 190 g/mol. The number of rotatable bonds is 5. The predicted molar refractivity (Wildman–Crippen MR) is 35.4 cm³/mol. The SMILES string of the molecule is CCC(F)(F)C(F)(F)CCCF. The molecule has 0 aromatic rings. The molecule has 0 saturated heterocycles. The van der Waals surface area contributed by atoms with Gasteiger partial charge in [-0.3, -0.25) is 4.39 Å². The third-order valence-electron chi connectivity index (χ3n) is 1.60. The highest BCUT2D eigenvalue weighted by atomic mass is 19.3. The van der Waals surface area contributed by atoms with E-state index < -0.39 is 37.8 Å². The van der Waals surface area contributed by atoms with Gasteiger partial charge in [-0.05, 0) is 6.42 Å². The Balaban J connectivity index is 4.17. The van der Waals surface area contributed by atoms with Crippen LogP contribution in [0.1, 0.15) is 26.2 Å². The molecule has 12 heavy (non-hydrogen) atoms. The minimum absolute atomic E-state index is 0.525. The van der Waals surface area contributed by atoms with Crippen LogP contribution in [0.3, 0.4) is 0 Å². The van der Waals surface area contributed by atoms with Crippen LogP contribution in [0.25, 0.3) is 0 Å². The highest BCUT2D eigenvalue weighted by Crippen LogP contribution is 2.39. The summed E-state index contributed by atoms with van der Waals surface area (Å²) in [6, 6.07) is 0. The van der Waals surface area contributed by atoms with Crippen molar-refractivity contribution in [3.8, 4) is 0 Å². The van der Waals surface area contributed by atoms with Crippen LogP contribution in [0, 0.1) is 0 Å².